The van der Waals surface area contributed by atoms with Gasteiger partial charge in [-0.15, -0.1) is 0 Å². The SMILES string of the molecule is Cc1nc(C(C)(NC(=O)c2cc(OCC(F)(F)F)c(C3CC3)cn2)C(=O)N2CCC2)no1. The molecule has 2 amide bonds. The molecule has 9 nitrogen and oxygen atoms in total. The number of aromatic nitrogens is 3. The van der Waals surface area contributed by atoms with Crippen LogP contribution < -0.4 is 10.1 Å². The largest absolute Gasteiger partial charge is 0.484 e. The van der Waals surface area contributed by atoms with Crippen molar-refractivity contribution in [2.75, 3.05) is 19.7 Å². The molecule has 1 saturated carbocycles. The van der Waals surface area contributed by atoms with Crippen LogP contribution in [-0.4, -0.2) is 57.7 Å². The number of hydrogen-bond donors (Lipinski definition) is 1. The number of carbonyl (C=O) groups excluding carboxylic acids is 2. The van der Waals surface area contributed by atoms with Crippen LogP contribution in [0.2, 0.25) is 0 Å². The van der Waals surface area contributed by atoms with Crippen LogP contribution in [0.4, 0.5) is 13.2 Å². The summed E-state index contributed by atoms with van der Waals surface area (Å²) >= 11 is 0. The average molecular weight is 453 g/mol. The molecule has 172 valence electrons. The summed E-state index contributed by atoms with van der Waals surface area (Å²) in [6.07, 6.45) is -0.702. The van der Waals surface area contributed by atoms with Crippen LogP contribution in [0.5, 0.6) is 5.75 Å². The molecule has 1 atom stereocenters. The van der Waals surface area contributed by atoms with Crippen molar-refractivity contribution < 1.29 is 32.0 Å². The van der Waals surface area contributed by atoms with Gasteiger partial charge in [-0.1, -0.05) is 5.16 Å². The molecule has 1 unspecified atom stereocenters. The quantitative estimate of drug-likeness (QED) is 0.686. The molecule has 4 rings (SSSR count). The number of carbonyl (C=O) groups is 2. The normalized spacial score (nSPS) is 18.0. The second-order valence-corrected chi connectivity index (χ2v) is 8.15. The number of pyridine rings is 1. The number of halogens is 3. The van der Waals surface area contributed by atoms with Gasteiger partial charge in [0.2, 0.25) is 11.7 Å². The molecule has 2 aliphatic rings. The van der Waals surface area contributed by atoms with Crippen LogP contribution >= 0.6 is 0 Å². The molecule has 2 fully saturated rings. The molecular formula is C20H22F3N5O4. The van der Waals surface area contributed by atoms with Crippen LogP contribution in [-0.2, 0) is 10.3 Å². The summed E-state index contributed by atoms with van der Waals surface area (Å²) in [5.41, 5.74) is -1.30. The minimum Gasteiger partial charge on any atom is -0.484 e. The fourth-order valence-corrected chi connectivity index (χ4v) is 3.39. The van der Waals surface area contributed by atoms with E-state index in [1.807, 2.05) is 0 Å². The maximum atomic E-state index is 13.1. The zero-order valence-electron chi connectivity index (χ0n) is 17.5. The number of rotatable bonds is 7. The summed E-state index contributed by atoms with van der Waals surface area (Å²) in [7, 11) is 0. The summed E-state index contributed by atoms with van der Waals surface area (Å²) < 4.78 is 48.0. The van der Waals surface area contributed by atoms with E-state index in [0.717, 1.165) is 19.3 Å². The lowest BCUT2D eigenvalue weighted by molar-refractivity contribution is -0.153. The third-order valence-corrected chi connectivity index (χ3v) is 5.45. The van der Waals surface area contributed by atoms with Gasteiger partial charge in [-0.2, -0.15) is 18.2 Å². The lowest BCUT2D eigenvalue weighted by Gasteiger charge is -2.38. The van der Waals surface area contributed by atoms with Crippen molar-refractivity contribution in [1.82, 2.24) is 25.3 Å². The molecule has 0 aromatic carbocycles. The average Bonchev–Trinajstić information content (AvgIpc) is 3.43. The van der Waals surface area contributed by atoms with Gasteiger partial charge in [-0.25, -0.2) is 0 Å². The highest BCUT2D eigenvalue weighted by atomic mass is 19.4. The Balaban J connectivity index is 1.61. The number of hydrogen-bond acceptors (Lipinski definition) is 7. The number of nitrogens with one attached hydrogen (secondary N) is 1. The van der Waals surface area contributed by atoms with Gasteiger partial charge in [0.05, 0.1) is 0 Å². The molecule has 0 radical (unpaired) electrons. The van der Waals surface area contributed by atoms with Crippen molar-refractivity contribution in [3.8, 4) is 5.75 Å². The molecule has 1 aliphatic heterocycles. The van der Waals surface area contributed by atoms with Crippen molar-refractivity contribution >= 4 is 11.8 Å². The molecule has 1 saturated heterocycles. The second-order valence-electron chi connectivity index (χ2n) is 8.15. The Morgan fingerprint density at radius 1 is 1.31 bits per heavy atom. The monoisotopic (exact) mass is 453 g/mol. The predicted octanol–water partition coefficient (Wildman–Crippen LogP) is 2.47. The first-order valence-electron chi connectivity index (χ1n) is 10.2. The van der Waals surface area contributed by atoms with E-state index in [2.05, 4.69) is 20.4 Å². The van der Waals surface area contributed by atoms with Crippen LogP contribution in [0, 0.1) is 6.92 Å². The maximum absolute atomic E-state index is 13.1. The van der Waals surface area contributed by atoms with Crippen LogP contribution in [0.1, 0.15) is 59.9 Å². The van der Waals surface area contributed by atoms with E-state index in [9.17, 15) is 22.8 Å². The number of alkyl halides is 3. The fourth-order valence-electron chi connectivity index (χ4n) is 3.39. The van der Waals surface area contributed by atoms with Crippen molar-refractivity contribution in [2.45, 2.75) is 50.7 Å². The molecule has 1 aliphatic carbocycles. The summed E-state index contributed by atoms with van der Waals surface area (Å²) in [5, 5.41) is 6.39. The maximum Gasteiger partial charge on any atom is 0.422 e. The Morgan fingerprint density at radius 2 is 2.03 bits per heavy atom. The Morgan fingerprint density at radius 3 is 2.56 bits per heavy atom. The summed E-state index contributed by atoms with van der Waals surface area (Å²) in [5.74, 6) is -0.987. The van der Waals surface area contributed by atoms with Gasteiger partial charge in [-0.3, -0.25) is 14.6 Å². The number of amides is 2. The highest BCUT2D eigenvalue weighted by Crippen LogP contribution is 2.44. The van der Waals surface area contributed by atoms with Crippen LogP contribution in [0.3, 0.4) is 0 Å². The van der Waals surface area contributed by atoms with Gasteiger partial charge in [0.15, 0.2) is 12.1 Å². The summed E-state index contributed by atoms with van der Waals surface area (Å²) in [6.45, 7) is 2.59. The Labute approximate surface area is 181 Å². The molecule has 0 bridgehead atoms. The van der Waals surface area contributed by atoms with E-state index in [0.29, 0.717) is 18.7 Å². The standard InChI is InChI=1S/C20H22F3N5O4/c1-11-25-17(27-32-11)19(2,18(30)28-6-3-7-28)26-16(29)14-8-15(31-10-20(21,22)23)13(9-24-14)12-4-5-12/h8-9,12H,3-7,10H2,1-2H3,(H,26,29). The smallest absolute Gasteiger partial charge is 0.422 e. The lowest BCUT2D eigenvalue weighted by atomic mass is 9.96. The highest BCUT2D eigenvalue weighted by molar-refractivity contribution is 5.98. The molecular weight excluding hydrogens is 431 g/mol. The first-order chi connectivity index (χ1) is 15.1. The van der Waals surface area contributed by atoms with Gasteiger partial charge in [0.25, 0.3) is 11.8 Å². The van der Waals surface area contributed by atoms with E-state index >= 15 is 0 Å². The van der Waals surface area contributed by atoms with Crippen molar-refractivity contribution in [1.29, 1.82) is 0 Å². The lowest BCUT2D eigenvalue weighted by Crippen LogP contribution is -2.59. The zero-order valence-corrected chi connectivity index (χ0v) is 17.5. The van der Waals surface area contributed by atoms with E-state index in [-0.39, 0.29) is 29.1 Å². The third-order valence-electron chi connectivity index (χ3n) is 5.45. The molecule has 32 heavy (non-hydrogen) atoms. The number of ether oxygens (including phenoxy) is 1. The van der Waals surface area contributed by atoms with Crippen molar-refractivity contribution in [2.24, 2.45) is 0 Å². The summed E-state index contributed by atoms with van der Waals surface area (Å²) in [4.78, 5) is 35.8. The third kappa shape index (κ3) is 4.53. The molecule has 2 aromatic heterocycles. The van der Waals surface area contributed by atoms with Crippen LogP contribution in [0.25, 0.3) is 0 Å². The van der Waals surface area contributed by atoms with Gasteiger partial charge in [0.1, 0.15) is 11.4 Å². The Bertz CT molecular complexity index is 1030. The number of aryl methyl sites for hydroxylation is 1. The van der Waals surface area contributed by atoms with E-state index in [1.54, 1.807) is 11.8 Å². The molecule has 0 spiro atoms. The van der Waals surface area contributed by atoms with Crippen molar-refractivity contribution in [3.05, 3.63) is 35.2 Å². The summed E-state index contributed by atoms with van der Waals surface area (Å²) in [6, 6.07) is 1.17. The second kappa shape index (κ2) is 8.06. The fraction of sp³-hybridized carbons (Fsp3) is 0.550. The predicted molar refractivity (Wildman–Crippen MR) is 103 cm³/mol. The molecule has 1 N–H and O–H groups in total. The van der Waals surface area contributed by atoms with E-state index < -0.39 is 30.1 Å². The number of nitrogens with zero attached hydrogens (tertiary/aromatic N) is 4. The Kier molecular flexibility index (Phi) is 5.55. The van der Waals surface area contributed by atoms with E-state index in [4.69, 9.17) is 9.26 Å². The first-order valence-corrected chi connectivity index (χ1v) is 10.2. The molecule has 3 heterocycles. The van der Waals surface area contributed by atoms with E-state index in [1.165, 1.54) is 19.2 Å². The molecule has 2 aromatic rings. The highest BCUT2D eigenvalue weighted by Gasteiger charge is 2.45. The van der Waals surface area contributed by atoms with Crippen LogP contribution in [0.15, 0.2) is 16.8 Å². The minimum absolute atomic E-state index is 0.0246. The van der Waals surface area contributed by atoms with Gasteiger partial charge >= 0.3 is 6.18 Å². The molecule has 12 heteroatoms. The number of likely N-dealkylation sites (tertiary alicyclic amines) is 1. The van der Waals surface area contributed by atoms with Gasteiger partial charge in [0, 0.05) is 37.8 Å². The Hall–Kier alpha value is -3.18. The first kappa shape index (κ1) is 22.0. The zero-order chi connectivity index (χ0) is 23.1. The topological polar surface area (TPSA) is 110 Å². The van der Waals surface area contributed by atoms with Gasteiger partial charge in [-0.05, 0) is 32.1 Å². The van der Waals surface area contributed by atoms with Gasteiger partial charge < -0.3 is 19.5 Å². The van der Waals surface area contributed by atoms with Crippen molar-refractivity contribution in [3.63, 3.8) is 0 Å². The minimum atomic E-state index is -4.52.